The number of likely N-dealkylation sites (tertiary alicyclic amines) is 1. The van der Waals surface area contributed by atoms with E-state index in [1.165, 1.54) is 25.8 Å². The van der Waals surface area contributed by atoms with Gasteiger partial charge >= 0.3 is 0 Å². The van der Waals surface area contributed by atoms with Crippen LogP contribution >= 0.6 is 0 Å². The summed E-state index contributed by atoms with van der Waals surface area (Å²) >= 11 is 0. The molecule has 0 spiro atoms. The maximum Gasteiger partial charge on any atom is 0.138 e. The molecule has 0 saturated carbocycles. The van der Waals surface area contributed by atoms with Crippen LogP contribution in [0.25, 0.3) is 0 Å². The van der Waals surface area contributed by atoms with Crippen LogP contribution in [0, 0.1) is 0 Å². The predicted octanol–water partition coefficient (Wildman–Crippen LogP) is 1.95. The van der Waals surface area contributed by atoms with Gasteiger partial charge in [-0.2, -0.15) is 0 Å². The topological polar surface area (TPSA) is 54.2 Å². The number of piperidine rings is 1. The summed E-state index contributed by atoms with van der Waals surface area (Å²) in [5.74, 6) is 2.32. The van der Waals surface area contributed by atoms with Crippen molar-refractivity contribution in [1.82, 2.24) is 19.7 Å². The van der Waals surface area contributed by atoms with Crippen molar-refractivity contribution in [3.63, 3.8) is 0 Å². The first kappa shape index (κ1) is 15.0. The number of hydrogen-bond acceptors (Lipinski definition) is 4. The molecule has 3 heterocycles. The fraction of sp³-hybridized carbons (Fsp3) is 0.875. The smallest absolute Gasteiger partial charge is 0.138 e. The van der Waals surface area contributed by atoms with Crippen LogP contribution in [-0.4, -0.2) is 50.0 Å². The van der Waals surface area contributed by atoms with Crippen LogP contribution in [0.15, 0.2) is 0 Å². The van der Waals surface area contributed by atoms with Gasteiger partial charge in [-0.05, 0) is 46.1 Å². The molecule has 2 atom stereocenters. The minimum absolute atomic E-state index is 0.188. The molecule has 0 aromatic carbocycles. The molecule has 5 nitrogen and oxygen atoms in total. The highest BCUT2D eigenvalue weighted by atomic mass is 16.3. The number of rotatable bonds is 4. The first-order valence-electron chi connectivity index (χ1n) is 8.49. The van der Waals surface area contributed by atoms with Crippen LogP contribution in [0.4, 0.5) is 0 Å². The molecule has 1 N–H and O–H groups in total. The summed E-state index contributed by atoms with van der Waals surface area (Å²) in [6.45, 7) is 7.00. The molecule has 0 aliphatic carbocycles. The lowest BCUT2D eigenvalue weighted by molar-refractivity contribution is 0.109. The van der Waals surface area contributed by atoms with Gasteiger partial charge in [0.1, 0.15) is 11.6 Å². The quantitative estimate of drug-likeness (QED) is 0.921. The minimum atomic E-state index is 0.188. The van der Waals surface area contributed by atoms with E-state index in [4.69, 9.17) is 0 Å². The van der Waals surface area contributed by atoms with Gasteiger partial charge in [-0.1, -0.05) is 6.42 Å². The fourth-order valence-electron chi connectivity index (χ4n) is 3.98. The molecule has 118 valence electrons. The molecule has 5 heteroatoms. The minimum Gasteiger partial charge on any atom is -0.396 e. The van der Waals surface area contributed by atoms with Crippen molar-refractivity contribution < 1.29 is 5.11 Å². The van der Waals surface area contributed by atoms with Gasteiger partial charge in [-0.3, -0.25) is 4.90 Å². The summed E-state index contributed by atoms with van der Waals surface area (Å²) < 4.78 is 2.28. The first-order valence-corrected chi connectivity index (χ1v) is 8.49. The predicted molar refractivity (Wildman–Crippen MR) is 82.3 cm³/mol. The molecular weight excluding hydrogens is 264 g/mol. The van der Waals surface area contributed by atoms with Crippen molar-refractivity contribution in [3.05, 3.63) is 11.6 Å². The Bertz CT molecular complexity index is 471. The molecule has 0 radical (unpaired) electrons. The molecular formula is C16H28N4O. The van der Waals surface area contributed by atoms with Crippen molar-refractivity contribution in [1.29, 1.82) is 0 Å². The lowest BCUT2D eigenvalue weighted by Gasteiger charge is -2.38. The summed E-state index contributed by atoms with van der Waals surface area (Å²) in [4.78, 5) is 2.62. The van der Waals surface area contributed by atoms with Crippen LogP contribution in [-0.2, 0) is 13.0 Å². The second kappa shape index (κ2) is 6.44. The zero-order valence-electron chi connectivity index (χ0n) is 13.3. The molecule has 2 aliphatic rings. The molecule has 1 aromatic rings. The van der Waals surface area contributed by atoms with E-state index >= 15 is 0 Å². The SMILES string of the molecule is CC(C)N1CCCCC1Cc1nnc2n1CCCC2CO. The standard InChI is InChI=1S/C16H28N4O/c1-12(2)19-8-4-3-7-14(19)10-15-17-18-16-13(11-21)6-5-9-20(15)16/h12-14,21H,3-11H2,1-2H3. The summed E-state index contributed by atoms with van der Waals surface area (Å²) in [5.41, 5.74) is 0. The van der Waals surface area contributed by atoms with Gasteiger partial charge in [0.15, 0.2) is 0 Å². The van der Waals surface area contributed by atoms with E-state index in [0.29, 0.717) is 12.1 Å². The number of fused-ring (bicyclic) bond motifs is 1. The van der Waals surface area contributed by atoms with Crippen LogP contribution in [0.1, 0.15) is 63.5 Å². The molecule has 21 heavy (non-hydrogen) atoms. The molecule has 1 aromatic heterocycles. The first-order chi connectivity index (χ1) is 10.2. The highest BCUT2D eigenvalue weighted by Gasteiger charge is 2.29. The van der Waals surface area contributed by atoms with Crippen molar-refractivity contribution in [2.45, 2.75) is 76.9 Å². The van der Waals surface area contributed by atoms with Crippen molar-refractivity contribution in [2.75, 3.05) is 13.2 Å². The van der Waals surface area contributed by atoms with Crippen molar-refractivity contribution in [2.24, 2.45) is 0 Å². The Hall–Kier alpha value is -0.940. The lowest BCUT2D eigenvalue weighted by atomic mass is 9.96. The number of aromatic nitrogens is 3. The molecule has 1 fully saturated rings. The maximum absolute atomic E-state index is 9.49. The highest BCUT2D eigenvalue weighted by Crippen LogP contribution is 2.28. The Labute approximate surface area is 127 Å². The average molecular weight is 292 g/mol. The second-order valence-electron chi connectivity index (χ2n) is 6.83. The number of nitrogens with zero attached hydrogens (tertiary/aromatic N) is 4. The van der Waals surface area contributed by atoms with Gasteiger partial charge in [-0.25, -0.2) is 0 Å². The molecule has 0 bridgehead atoms. The monoisotopic (exact) mass is 292 g/mol. The summed E-state index contributed by atoms with van der Waals surface area (Å²) in [5, 5.41) is 18.3. The number of aliphatic hydroxyl groups is 1. The van der Waals surface area contributed by atoms with Gasteiger partial charge in [0.2, 0.25) is 0 Å². The van der Waals surface area contributed by atoms with E-state index in [1.54, 1.807) is 0 Å². The van der Waals surface area contributed by atoms with E-state index in [-0.39, 0.29) is 12.5 Å². The van der Waals surface area contributed by atoms with Crippen molar-refractivity contribution in [3.8, 4) is 0 Å². The van der Waals surface area contributed by atoms with Crippen molar-refractivity contribution >= 4 is 0 Å². The third-order valence-electron chi connectivity index (χ3n) is 5.13. The van der Waals surface area contributed by atoms with E-state index in [9.17, 15) is 5.11 Å². The summed E-state index contributed by atoms with van der Waals surface area (Å²) in [6, 6.07) is 1.20. The van der Waals surface area contributed by atoms with Gasteiger partial charge in [0, 0.05) is 31.0 Å². The highest BCUT2D eigenvalue weighted by molar-refractivity contribution is 5.06. The third kappa shape index (κ3) is 2.99. The zero-order valence-corrected chi connectivity index (χ0v) is 13.3. The van der Waals surface area contributed by atoms with E-state index in [0.717, 1.165) is 37.5 Å². The van der Waals surface area contributed by atoms with Gasteiger partial charge in [-0.15, -0.1) is 10.2 Å². The maximum atomic E-state index is 9.49. The Morgan fingerprint density at radius 3 is 2.76 bits per heavy atom. The molecule has 0 amide bonds. The Morgan fingerprint density at radius 1 is 1.14 bits per heavy atom. The number of aliphatic hydroxyl groups excluding tert-OH is 1. The van der Waals surface area contributed by atoms with Gasteiger partial charge in [0.05, 0.1) is 6.61 Å². The Kier molecular flexibility index (Phi) is 4.60. The molecule has 2 aliphatic heterocycles. The van der Waals surface area contributed by atoms with E-state index < -0.39 is 0 Å². The molecule has 3 rings (SSSR count). The van der Waals surface area contributed by atoms with Gasteiger partial charge in [0.25, 0.3) is 0 Å². The van der Waals surface area contributed by atoms with Crippen LogP contribution in [0.5, 0.6) is 0 Å². The summed E-state index contributed by atoms with van der Waals surface area (Å²) in [7, 11) is 0. The normalized spacial score (nSPS) is 27.0. The van der Waals surface area contributed by atoms with Crippen LogP contribution < -0.4 is 0 Å². The summed E-state index contributed by atoms with van der Waals surface area (Å²) in [6.07, 6.45) is 7.08. The Morgan fingerprint density at radius 2 is 2.00 bits per heavy atom. The fourth-order valence-corrected chi connectivity index (χ4v) is 3.98. The number of hydrogen-bond donors (Lipinski definition) is 1. The largest absolute Gasteiger partial charge is 0.396 e. The second-order valence-corrected chi connectivity index (χ2v) is 6.83. The van der Waals surface area contributed by atoms with E-state index in [2.05, 4.69) is 33.5 Å². The molecule has 2 unspecified atom stereocenters. The van der Waals surface area contributed by atoms with Crippen LogP contribution in [0.2, 0.25) is 0 Å². The van der Waals surface area contributed by atoms with Crippen LogP contribution in [0.3, 0.4) is 0 Å². The molecule has 1 saturated heterocycles. The third-order valence-corrected chi connectivity index (χ3v) is 5.13. The van der Waals surface area contributed by atoms with Gasteiger partial charge < -0.3 is 9.67 Å². The Balaban J connectivity index is 1.77. The zero-order chi connectivity index (χ0) is 14.8. The lowest BCUT2D eigenvalue weighted by Crippen LogP contribution is -2.45. The van der Waals surface area contributed by atoms with E-state index in [1.807, 2.05) is 0 Å². The average Bonchev–Trinajstić information content (AvgIpc) is 2.91.